The first-order valence-corrected chi connectivity index (χ1v) is 4.82. The van der Waals surface area contributed by atoms with Crippen molar-refractivity contribution in [3.8, 4) is 0 Å². The molecule has 0 saturated carbocycles. The van der Waals surface area contributed by atoms with E-state index >= 15 is 0 Å². The minimum absolute atomic E-state index is 0.0203. The van der Waals surface area contributed by atoms with E-state index in [9.17, 15) is 22.4 Å². The molecule has 0 aromatic heterocycles. The second-order valence-corrected chi connectivity index (χ2v) is 3.34. The highest BCUT2D eigenvalue weighted by Gasteiger charge is 2.42. The summed E-state index contributed by atoms with van der Waals surface area (Å²) in [4.78, 5) is 11.0. The Morgan fingerprint density at radius 2 is 2.00 bits per heavy atom. The predicted molar refractivity (Wildman–Crippen MR) is 50.6 cm³/mol. The molecule has 0 aliphatic rings. The number of ether oxygens (including phenoxy) is 1. The summed E-state index contributed by atoms with van der Waals surface area (Å²) >= 11 is 0. The molecule has 6 heteroatoms. The minimum Gasteiger partial charge on any atom is -0.456 e. The maximum atomic E-state index is 12.4. The fourth-order valence-corrected chi connectivity index (χ4v) is 0.819. The maximum Gasteiger partial charge on any atom is 0.340 e. The van der Waals surface area contributed by atoms with Crippen LogP contribution in [0.4, 0.5) is 17.6 Å². The van der Waals surface area contributed by atoms with E-state index in [1.165, 1.54) is 0 Å². The Morgan fingerprint density at radius 1 is 1.44 bits per heavy atom. The Labute approximate surface area is 91.3 Å². The molecule has 0 atom stereocenters. The normalized spacial score (nSPS) is 11.6. The Kier molecular flexibility index (Phi) is 6.06. The van der Waals surface area contributed by atoms with Crippen molar-refractivity contribution in [2.75, 3.05) is 6.61 Å². The van der Waals surface area contributed by atoms with E-state index in [-0.39, 0.29) is 5.57 Å². The number of alkyl halides is 4. The van der Waals surface area contributed by atoms with Crippen molar-refractivity contribution in [2.45, 2.75) is 38.5 Å². The van der Waals surface area contributed by atoms with E-state index < -0.39 is 24.9 Å². The molecule has 0 spiro atoms. The van der Waals surface area contributed by atoms with Crippen LogP contribution in [0.5, 0.6) is 0 Å². The Bertz CT molecular complexity index is 251. The predicted octanol–water partition coefficient (Wildman–Crippen LogP) is 3.18. The number of hydrogen-bond acceptors (Lipinski definition) is 2. The third-order valence-corrected chi connectivity index (χ3v) is 1.84. The molecule has 0 aliphatic heterocycles. The van der Waals surface area contributed by atoms with Gasteiger partial charge in [0.05, 0.1) is 0 Å². The average Bonchev–Trinajstić information content (AvgIpc) is 2.22. The van der Waals surface area contributed by atoms with E-state index in [4.69, 9.17) is 0 Å². The first-order chi connectivity index (χ1) is 7.31. The number of rotatable bonds is 7. The molecular weight excluding hydrogens is 228 g/mol. The van der Waals surface area contributed by atoms with Crippen molar-refractivity contribution < 1.29 is 27.1 Å². The van der Waals surface area contributed by atoms with Gasteiger partial charge in [0.25, 0.3) is 0 Å². The van der Waals surface area contributed by atoms with Crippen LogP contribution in [0.15, 0.2) is 12.2 Å². The molecule has 0 bridgehead atoms. The quantitative estimate of drug-likeness (QED) is 0.389. The second kappa shape index (κ2) is 6.50. The fraction of sp³-hybridized carbons (Fsp3) is 0.700. The van der Waals surface area contributed by atoms with Crippen LogP contribution < -0.4 is 0 Å². The smallest absolute Gasteiger partial charge is 0.340 e. The lowest BCUT2D eigenvalue weighted by atomic mass is 10.1. The van der Waals surface area contributed by atoms with Crippen molar-refractivity contribution in [1.82, 2.24) is 0 Å². The molecule has 0 heterocycles. The van der Waals surface area contributed by atoms with Crippen molar-refractivity contribution in [1.29, 1.82) is 0 Å². The van der Waals surface area contributed by atoms with Gasteiger partial charge in [-0.2, -0.15) is 8.78 Å². The molecule has 0 unspecified atom stereocenters. The number of hydrogen-bond donors (Lipinski definition) is 0. The topological polar surface area (TPSA) is 26.3 Å². The first kappa shape index (κ1) is 14.9. The van der Waals surface area contributed by atoms with Gasteiger partial charge in [-0.3, -0.25) is 0 Å². The summed E-state index contributed by atoms with van der Waals surface area (Å²) in [5.74, 6) is -5.35. The van der Waals surface area contributed by atoms with Crippen LogP contribution in [-0.4, -0.2) is 24.9 Å². The number of carbonyl (C=O) groups is 1. The molecule has 94 valence electrons. The lowest BCUT2D eigenvalue weighted by Gasteiger charge is -2.15. The highest BCUT2D eigenvalue weighted by atomic mass is 19.3. The van der Waals surface area contributed by atoms with Crippen LogP contribution in [0.1, 0.15) is 26.2 Å². The average molecular weight is 242 g/mol. The molecule has 0 rings (SSSR count). The van der Waals surface area contributed by atoms with E-state index in [2.05, 4.69) is 11.3 Å². The van der Waals surface area contributed by atoms with E-state index in [1.807, 2.05) is 6.92 Å². The van der Waals surface area contributed by atoms with Crippen LogP contribution in [0.3, 0.4) is 0 Å². The van der Waals surface area contributed by atoms with E-state index in [0.29, 0.717) is 12.8 Å². The van der Waals surface area contributed by atoms with E-state index in [1.54, 1.807) is 0 Å². The van der Waals surface area contributed by atoms with Crippen molar-refractivity contribution in [3.63, 3.8) is 0 Å². The molecule has 0 radical (unpaired) electrons. The summed E-state index contributed by atoms with van der Waals surface area (Å²) in [5, 5.41) is 0. The number of unbranched alkanes of at least 4 members (excludes halogenated alkanes) is 1. The maximum absolute atomic E-state index is 12.4. The van der Waals surface area contributed by atoms with Crippen LogP contribution in [0.25, 0.3) is 0 Å². The lowest BCUT2D eigenvalue weighted by molar-refractivity contribution is -0.176. The molecule has 0 aromatic carbocycles. The van der Waals surface area contributed by atoms with Gasteiger partial charge in [0.15, 0.2) is 6.61 Å². The SMILES string of the molecule is C=C(CCCC)C(=O)OCC(F)(F)C(F)F. The molecule has 0 aliphatic carbocycles. The molecule has 16 heavy (non-hydrogen) atoms. The molecule has 0 amide bonds. The Balaban J connectivity index is 4.02. The lowest BCUT2D eigenvalue weighted by Crippen LogP contribution is -2.33. The zero-order chi connectivity index (χ0) is 12.8. The summed E-state index contributed by atoms with van der Waals surface area (Å²) in [6.45, 7) is 3.59. The molecular formula is C10H14F4O2. The second-order valence-electron chi connectivity index (χ2n) is 3.34. The van der Waals surface area contributed by atoms with Gasteiger partial charge in [-0.15, -0.1) is 0 Å². The van der Waals surface area contributed by atoms with Crippen LogP contribution >= 0.6 is 0 Å². The standard InChI is InChI=1S/C10H14F4O2/c1-3-4-5-7(2)8(15)16-6-10(13,14)9(11)12/h9H,2-6H2,1H3. The van der Waals surface area contributed by atoms with Gasteiger partial charge in [-0.05, 0) is 12.8 Å². The van der Waals surface area contributed by atoms with Gasteiger partial charge in [-0.25, -0.2) is 13.6 Å². The molecule has 0 N–H and O–H groups in total. The zero-order valence-corrected chi connectivity index (χ0v) is 8.94. The number of carbonyl (C=O) groups excluding carboxylic acids is 1. The molecule has 2 nitrogen and oxygen atoms in total. The molecule has 0 saturated heterocycles. The van der Waals surface area contributed by atoms with Gasteiger partial charge in [-0.1, -0.05) is 19.9 Å². The van der Waals surface area contributed by atoms with Gasteiger partial charge >= 0.3 is 18.3 Å². The first-order valence-electron chi connectivity index (χ1n) is 4.82. The molecule has 0 aromatic rings. The van der Waals surface area contributed by atoms with E-state index in [0.717, 1.165) is 6.42 Å². The van der Waals surface area contributed by atoms with Gasteiger partial charge in [0.2, 0.25) is 0 Å². The third kappa shape index (κ3) is 5.14. The monoisotopic (exact) mass is 242 g/mol. The zero-order valence-electron chi connectivity index (χ0n) is 8.94. The van der Waals surface area contributed by atoms with Crippen LogP contribution in [0.2, 0.25) is 0 Å². The summed E-state index contributed by atoms with van der Waals surface area (Å²) in [6, 6.07) is 0. The highest BCUT2D eigenvalue weighted by Crippen LogP contribution is 2.23. The highest BCUT2D eigenvalue weighted by molar-refractivity contribution is 5.87. The summed E-state index contributed by atoms with van der Waals surface area (Å²) in [5.41, 5.74) is 0.0203. The van der Waals surface area contributed by atoms with Gasteiger partial charge < -0.3 is 4.74 Å². The van der Waals surface area contributed by atoms with Gasteiger partial charge in [0, 0.05) is 5.57 Å². The summed E-state index contributed by atoms with van der Waals surface area (Å²) < 4.78 is 52.2. The largest absolute Gasteiger partial charge is 0.456 e. The summed E-state index contributed by atoms with van der Waals surface area (Å²) in [7, 11) is 0. The molecule has 0 fully saturated rings. The van der Waals surface area contributed by atoms with Crippen molar-refractivity contribution >= 4 is 5.97 Å². The number of halogens is 4. The van der Waals surface area contributed by atoms with Crippen LogP contribution in [0, 0.1) is 0 Å². The van der Waals surface area contributed by atoms with Crippen molar-refractivity contribution in [2.24, 2.45) is 0 Å². The van der Waals surface area contributed by atoms with Crippen LogP contribution in [-0.2, 0) is 9.53 Å². The minimum atomic E-state index is -4.30. The fourth-order valence-electron chi connectivity index (χ4n) is 0.819. The Morgan fingerprint density at radius 3 is 2.44 bits per heavy atom. The van der Waals surface area contributed by atoms with Crippen molar-refractivity contribution in [3.05, 3.63) is 12.2 Å². The Hall–Kier alpha value is -1.07. The summed E-state index contributed by atoms with van der Waals surface area (Å²) in [6.07, 6.45) is -2.06. The third-order valence-electron chi connectivity index (χ3n) is 1.84. The number of esters is 1. The van der Waals surface area contributed by atoms with Gasteiger partial charge in [0.1, 0.15) is 0 Å².